The number of aromatic nitrogens is 3. The van der Waals surface area contributed by atoms with Crippen molar-refractivity contribution in [2.75, 3.05) is 18.4 Å². The number of hydrogen-bond acceptors (Lipinski definition) is 4. The van der Waals surface area contributed by atoms with Crippen LogP contribution in [0.2, 0.25) is 0 Å². The van der Waals surface area contributed by atoms with E-state index in [1.807, 2.05) is 31.0 Å². The minimum atomic E-state index is -0.275. The smallest absolute Gasteiger partial charge is 0.261 e. The minimum absolute atomic E-state index is 0.0516. The van der Waals surface area contributed by atoms with Crippen LogP contribution in [-0.2, 0) is 0 Å². The van der Waals surface area contributed by atoms with Gasteiger partial charge < -0.3 is 10.2 Å². The highest BCUT2D eigenvalue weighted by Crippen LogP contribution is 2.21. The number of amides is 2. The predicted molar refractivity (Wildman–Crippen MR) is 102 cm³/mol. The number of likely N-dealkylation sites (tertiary alicyclic amines) is 1. The van der Waals surface area contributed by atoms with E-state index in [0.717, 1.165) is 37.1 Å². The molecule has 2 aromatic heterocycles. The van der Waals surface area contributed by atoms with E-state index in [1.165, 1.54) is 6.20 Å². The first-order valence-electron chi connectivity index (χ1n) is 9.04. The van der Waals surface area contributed by atoms with Gasteiger partial charge in [-0.15, -0.1) is 0 Å². The molecule has 2 amide bonds. The molecular formula is C20H21N5O2. The Balaban J connectivity index is 1.55. The fraction of sp³-hybridized carbons (Fsp3) is 0.300. The van der Waals surface area contributed by atoms with Crippen LogP contribution in [0.25, 0.3) is 5.65 Å². The molecule has 1 N–H and O–H groups in total. The van der Waals surface area contributed by atoms with Crippen molar-refractivity contribution in [1.82, 2.24) is 19.5 Å². The number of hydrogen-bond donors (Lipinski definition) is 1. The third kappa shape index (κ3) is 3.28. The first kappa shape index (κ1) is 17.2. The second kappa shape index (κ2) is 6.83. The van der Waals surface area contributed by atoms with Crippen LogP contribution in [0.3, 0.4) is 0 Å². The van der Waals surface area contributed by atoms with Crippen LogP contribution in [0, 0.1) is 13.8 Å². The van der Waals surface area contributed by atoms with Gasteiger partial charge in [-0.1, -0.05) is 0 Å². The Kier molecular flexibility index (Phi) is 4.35. The van der Waals surface area contributed by atoms with Gasteiger partial charge in [-0.2, -0.15) is 5.10 Å². The van der Waals surface area contributed by atoms with E-state index in [2.05, 4.69) is 15.4 Å². The molecule has 3 aromatic rings. The molecule has 1 saturated heterocycles. The Bertz CT molecular complexity index is 1030. The van der Waals surface area contributed by atoms with Gasteiger partial charge in [-0.25, -0.2) is 9.50 Å². The van der Waals surface area contributed by atoms with Crippen LogP contribution in [0.5, 0.6) is 0 Å². The van der Waals surface area contributed by atoms with E-state index in [1.54, 1.807) is 22.8 Å². The second-order valence-electron chi connectivity index (χ2n) is 6.94. The Morgan fingerprint density at radius 2 is 1.89 bits per heavy atom. The Morgan fingerprint density at radius 3 is 2.63 bits per heavy atom. The first-order chi connectivity index (χ1) is 13.0. The highest BCUT2D eigenvalue weighted by molar-refractivity contribution is 6.08. The van der Waals surface area contributed by atoms with Crippen LogP contribution in [-0.4, -0.2) is 44.4 Å². The van der Waals surface area contributed by atoms with Gasteiger partial charge in [0, 0.05) is 36.7 Å². The van der Waals surface area contributed by atoms with Crippen molar-refractivity contribution in [2.24, 2.45) is 0 Å². The van der Waals surface area contributed by atoms with E-state index >= 15 is 0 Å². The molecule has 138 valence electrons. The Morgan fingerprint density at radius 1 is 1.11 bits per heavy atom. The number of rotatable bonds is 3. The molecule has 7 nitrogen and oxygen atoms in total. The Hall–Kier alpha value is -3.22. The van der Waals surface area contributed by atoms with E-state index in [-0.39, 0.29) is 11.8 Å². The number of fused-ring (bicyclic) bond motifs is 1. The molecule has 27 heavy (non-hydrogen) atoms. The summed E-state index contributed by atoms with van der Waals surface area (Å²) in [6, 6.07) is 5.37. The normalized spacial score (nSPS) is 13.9. The van der Waals surface area contributed by atoms with E-state index < -0.39 is 0 Å². The maximum atomic E-state index is 12.7. The van der Waals surface area contributed by atoms with Gasteiger partial charge in [0.2, 0.25) is 0 Å². The topological polar surface area (TPSA) is 79.6 Å². The zero-order valence-corrected chi connectivity index (χ0v) is 15.4. The summed E-state index contributed by atoms with van der Waals surface area (Å²) in [5, 5.41) is 7.09. The fourth-order valence-corrected chi connectivity index (χ4v) is 3.36. The maximum absolute atomic E-state index is 12.7. The third-order valence-electron chi connectivity index (χ3n) is 4.84. The number of anilines is 1. The quantitative estimate of drug-likeness (QED) is 0.776. The number of nitrogens with one attached hydrogen (secondary N) is 1. The molecule has 1 fully saturated rings. The summed E-state index contributed by atoms with van der Waals surface area (Å²) in [5.74, 6) is -0.223. The Labute approximate surface area is 157 Å². The van der Waals surface area contributed by atoms with Gasteiger partial charge >= 0.3 is 0 Å². The molecule has 0 bridgehead atoms. The summed E-state index contributed by atoms with van der Waals surface area (Å²) in [4.78, 5) is 31.4. The lowest BCUT2D eigenvalue weighted by Gasteiger charge is -2.16. The van der Waals surface area contributed by atoms with Crippen molar-refractivity contribution in [3.8, 4) is 0 Å². The standard InChI is InChI=1S/C20H21N5O2/c1-13-10-21-18-16(11-22-25(18)12-13)19(26)23-17-6-5-15(9-14(17)2)20(27)24-7-3-4-8-24/h5-6,9-12H,3-4,7-8H2,1-2H3,(H,23,26). The molecule has 0 unspecified atom stereocenters. The van der Waals surface area contributed by atoms with Crippen molar-refractivity contribution < 1.29 is 9.59 Å². The zero-order valence-electron chi connectivity index (χ0n) is 15.4. The molecule has 1 aromatic carbocycles. The maximum Gasteiger partial charge on any atom is 0.261 e. The lowest BCUT2D eigenvalue weighted by molar-refractivity contribution is 0.0792. The average molecular weight is 363 g/mol. The zero-order chi connectivity index (χ0) is 19.0. The number of carbonyl (C=O) groups excluding carboxylic acids is 2. The summed E-state index contributed by atoms with van der Waals surface area (Å²) in [7, 11) is 0. The number of benzene rings is 1. The summed E-state index contributed by atoms with van der Waals surface area (Å²) in [6.45, 7) is 5.44. The van der Waals surface area contributed by atoms with Crippen molar-refractivity contribution >= 4 is 23.1 Å². The van der Waals surface area contributed by atoms with E-state index in [4.69, 9.17) is 0 Å². The first-order valence-corrected chi connectivity index (χ1v) is 9.04. The molecule has 0 radical (unpaired) electrons. The number of carbonyl (C=O) groups is 2. The van der Waals surface area contributed by atoms with E-state index in [9.17, 15) is 9.59 Å². The molecule has 0 atom stereocenters. The molecule has 3 heterocycles. The third-order valence-corrected chi connectivity index (χ3v) is 4.84. The molecule has 7 heteroatoms. The monoisotopic (exact) mass is 363 g/mol. The van der Waals surface area contributed by atoms with Crippen LogP contribution in [0.1, 0.15) is 44.7 Å². The molecule has 0 spiro atoms. The fourth-order valence-electron chi connectivity index (χ4n) is 3.36. The lowest BCUT2D eigenvalue weighted by Crippen LogP contribution is -2.27. The summed E-state index contributed by atoms with van der Waals surface area (Å²) in [6.07, 6.45) is 7.16. The second-order valence-corrected chi connectivity index (χ2v) is 6.94. The van der Waals surface area contributed by atoms with Gasteiger partial charge in [-0.3, -0.25) is 9.59 Å². The average Bonchev–Trinajstić information content (AvgIpc) is 3.32. The predicted octanol–water partition coefficient (Wildman–Crippen LogP) is 2.83. The van der Waals surface area contributed by atoms with E-state index in [0.29, 0.717) is 22.5 Å². The summed E-state index contributed by atoms with van der Waals surface area (Å²) >= 11 is 0. The van der Waals surface area contributed by atoms with Crippen molar-refractivity contribution in [2.45, 2.75) is 26.7 Å². The van der Waals surface area contributed by atoms with Crippen LogP contribution >= 0.6 is 0 Å². The lowest BCUT2D eigenvalue weighted by atomic mass is 10.1. The molecule has 0 aliphatic carbocycles. The van der Waals surface area contributed by atoms with Gasteiger partial charge in [0.1, 0.15) is 5.56 Å². The highest BCUT2D eigenvalue weighted by atomic mass is 16.2. The molecule has 0 saturated carbocycles. The molecule has 4 rings (SSSR count). The van der Waals surface area contributed by atoms with Crippen molar-refractivity contribution in [3.05, 3.63) is 59.0 Å². The van der Waals surface area contributed by atoms with Crippen molar-refractivity contribution in [3.63, 3.8) is 0 Å². The summed E-state index contributed by atoms with van der Waals surface area (Å²) < 4.78 is 1.59. The van der Waals surface area contributed by atoms with Gasteiger partial charge in [-0.05, 0) is 56.0 Å². The van der Waals surface area contributed by atoms with Gasteiger partial charge in [0.05, 0.1) is 6.20 Å². The number of aryl methyl sites for hydroxylation is 2. The minimum Gasteiger partial charge on any atom is -0.339 e. The summed E-state index contributed by atoms with van der Waals surface area (Å²) in [5.41, 5.74) is 4.05. The van der Waals surface area contributed by atoms with Gasteiger partial charge in [0.25, 0.3) is 11.8 Å². The highest BCUT2D eigenvalue weighted by Gasteiger charge is 2.20. The van der Waals surface area contributed by atoms with Gasteiger partial charge in [0.15, 0.2) is 5.65 Å². The molecule has 1 aliphatic heterocycles. The van der Waals surface area contributed by atoms with Crippen LogP contribution in [0.15, 0.2) is 36.8 Å². The molecular weight excluding hydrogens is 342 g/mol. The largest absolute Gasteiger partial charge is 0.339 e. The molecule has 1 aliphatic rings. The van der Waals surface area contributed by atoms with Crippen molar-refractivity contribution in [1.29, 1.82) is 0 Å². The van der Waals surface area contributed by atoms with Crippen LogP contribution in [0.4, 0.5) is 5.69 Å². The van der Waals surface area contributed by atoms with Crippen LogP contribution < -0.4 is 5.32 Å². The number of nitrogens with zero attached hydrogens (tertiary/aromatic N) is 4. The SMILES string of the molecule is Cc1cnc2c(C(=O)Nc3ccc(C(=O)N4CCCC4)cc3C)cnn2c1.